The number of benzene rings is 1. The van der Waals surface area contributed by atoms with Crippen LogP contribution in [0.1, 0.15) is 57.6 Å². The minimum Gasteiger partial charge on any atom is -0.492 e. The number of nitrogens with one attached hydrogen (secondary N) is 1. The van der Waals surface area contributed by atoms with Gasteiger partial charge in [0.15, 0.2) is 0 Å². The Kier molecular flexibility index (Phi) is 5.09. The van der Waals surface area contributed by atoms with Crippen LogP contribution in [0, 0.1) is 6.92 Å². The third-order valence-electron chi connectivity index (χ3n) is 4.09. The molecule has 20 heavy (non-hydrogen) atoms. The molecule has 0 aromatic heterocycles. The van der Waals surface area contributed by atoms with E-state index in [0.717, 1.165) is 24.9 Å². The molecule has 1 aliphatic rings. The maximum atomic E-state index is 6.04. The second kappa shape index (κ2) is 6.62. The average molecular weight is 275 g/mol. The highest BCUT2D eigenvalue weighted by Crippen LogP contribution is 2.32. The van der Waals surface area contributed by atoms with Crippen molar-refractivity contribution in [2.24, 2.45) is 0 Å². The zero-order valence-electron chi connectivity index (χ0n) is 13.5. The normalized spacial score (nSPS) is 16.6. The molecule has 0 bridgehead atoms. The van der Waals surface area contributed by atoms with Gasteiger partial charge in [0.05, 0.1) is 0 Å². The summed E-state index contributed by atoms with van der Waals surface area (Å²) in [6.07, 6.45) is 5.42. The van der Waals surface area contributed by atoms with Gasteiger partial charge in [-0.15, -0.1) is 0 Å². The quantitative estimate of drug-likeness (QED) is 0.813. The molecule has 1 saturated carbocycles. The largest absolute Gasteiger partial charge is 0.492 e. The Morgan fingerprint density at radius 3 is 2.55 bits per heavy atom. The molecule has 0 spiro atoms. The van der Waals surface area contributed by atoms with Crippen molar-refractivity contribution >= 4 is 0 Å². The summed E-state index contributed by atoms with van der Waals surface area (Å²) in [7, 11) is 0. The molecule has 0 aliphatic heterocycles. The van der Waals surface area contributed by atoms with Crippen LogP contribution in [0.25, 0.3) is 0 Å². The number of rotatable bonds is 5. The second-order valence-electron chi connectivity index (χ2n) is 7.03. The summed E-state index contributed by atoms with van der Waals surface area (Å²) in [4.78, 5) is 0. The van der Waals surface area contributed by atoms with Gasteiger partial charge in [-0.05, 0) is 42.4 Å². The van der Waals surface area contributed by atoms with Crippen LogP contribution in [0.2, 0.25) is 0 Å². The minimum absolute atomic E-state index is 0.127. The number of hydrogen-bond donors (Lipinski definition) is 1. The van der Waals surface area contributed by atoms with Gasteiger partial charge in [0, 0.05) is 12.6 Å². The lowest BCUT2D eigenvalue weighted by Crippen LogP contribution is -2.30. The molecule has 0 saturated heterocycles. The second-order valence-corrected chi connectivity index (χ2v) is 7.03. The molecule has 2 rings (SSSR count). The average Bonchev–Trinajstić information content (AvgIpc) is 2.86. The van der Waals surface area contributed by atoms with Crippen molar-refractivity contribution in [2.45, 2.75) is 64.8 Å². The zero-order chi connectivity index (χ0) is 14.6. The molecule has 0 heterocycles. The highest BCUT2D eigenvalue weighted by Gasteiger charge is 2.19. The van der Waals surface area contributed by atoms with Gasteiger partial charge in [-0.2, -0.15) is 0 Å². The summed E-state index contributed by atoms with van der Waals surface area (Å²) in [5.41, 5.74) is 2.68. The van der Waals surface area contributed by atoms with Crippen molar-refractivity contribution in [3.05, 3.63) is 29.3 Å². The van der Waals surface area contributed by atoms with Crippen LogP contribution in [0.4, 0.5) is 0 Å². The number of ether oxygens (including phenoxy) is 1. The van der Waals surface area contributed by atoms with E-state index < -0.39 is 0 Å². The Morgan fingerprint density at radius 1 is 1.20 bits per heavy atom. The lowest BCUT2D eigenvalue weighted by atomic mass is 9.86. The molecule has 2 heteroatoms. The van der Waals surface area contributed by atoms with E-state index in [2.05, 4.69) is 51.2 Å². The first-order valence-corrected chi connectivity index (χ1v) is 7.94. The van der Waals surface area contributed by atoms with Gasteiger partial charge in [-0.1, -0.05) is 45.7 Å². The SMILES string of the molecule is Cc1ccc(C(C)(C)C)c(OCCNC2CCCC2)c1. The predicted octanol–water partition coefficient (Wildman–Crippen LogP) is 4.20. The van der Waals surface area contributed by atoms with Gasteiger partial charge in [0.25, 0.3) is 0 Å². The lowest BCUT2D eigenvalue weighted by molar-refractivity contribution is 0.297. The molecular formula is C18H29NO. The maximum absolute atomic E-state index is 6.04. The Hall–Kier alpha value is -1.02. The van der Waals surface area contributed by atoms with Gasteiger partial charge in [-0.3, -0.25) is 0 Å². The third kappa shape index (κ3) is 4.24. The predicted molar refractivity (Wildman–Crippen MR) is 85.6 cm³/mol. The highest BCUT2D eigenvalue weighted by atomic mass is 16.5. The molecule has 1 fully saturated rings. The van der Waals surface area contributed by atoms with Crippen LogP contribution < -0.4 is 10.1 Å². The van der Waals surface area contributed by atoms with Gasteiger partial charge in [0.1, 0.15) is 12.4 Å². The van der Waals surface area contributed by atoms with Crippen LogP contribution in [-0.2, 0) is 5.41 Å². The van der Waals surface area contributed by atoms with Crippen LogP contribution in [0.5, 0.6) is 5.75 Å². The first kappa shape index (κ1) is 15.4. The maximum Gasteiger partial charge on any atom is 0.123 e. The summed E-state index contributed by atoms with van der Waals surface area (Å²) in [5.74, 6) is 1.05. The topological polar surface area (TPSA) is 21.3 Å². The van der Waals surface area contributed by atoms with Gasteiger partial charge >= 0.3 is 0 Å². The van der Waals surface area contributed by atoms with Gasteiger partial charge in [-0.25, -0.2) is 0 Å². The van der Waals surface area contributed by atoms with Gasteiger partial charge in [0.2, 0.25) is 0 Å². The molecule has 1 aromatic rings. The molecule has 0 unspecified atom stereocenters. The Balaban J connectivity index is 1.89. The van der Waals surface area contributed by atoms with Crippen LogP contribution in [0.15, 0.2) is 18.2 Å². The summed E-state index contributed by atoms with van der Waals surface area (Å²) in [6.45, 7) is 10.5. The van der Waals surface area contributed by atoms with E-state index in [9.17, 15) is 0 Å². The molecule has 0 atom stereocenters. The number of hydrogen-bond acceptors (Lipinski definition) is 2. The Labute approximate surface area is 123 Å². The van der Waals surface area contributed by atoms with Gasteiger partial charge < -0.3 is 10.1 Å². The summed E-state index contributed by atoms with van der Waals surface area (Å²) >= 11 is 0. The van der Waals surface area contributed by atoms with Crippen LogP contribution in [-0.4, -0.2) is 19.2 Å². The molecule has 0 radical (unpaired) electrons. The van der Waals surface area contributed by atoms with Crippen molar-refractivity contribution in [3.8, 4) is 5.75 Å². The Bertz CT molecular complexity index is 428. The molecule has 0 amide bonds. The van der Waals surface area contributed by atoms with Crippen molar-refractivity contribution in [3.63, 3.8) is 0 Å². The lowest BCUT2D eigenvalue weighted by Gasteiger charge is -2.23. The smallest absolute Gasteiger partial charge is 0.123 e. The van der Waals surface area contributed by atoms with E-state index in [0.29, 0.717) is 0 Å². The summed E-state index contributed by atoms with van der Waals surface area (Å²) in [5, 5.41) is 3.60. The summed E-state index contributed by atoms with van der Waals surface area (Å²) < 4.78 is 6.04. The van der Waals surface area contributed by atoms with Crippen molar-refractivity contribution in [1.29, 1.82) is 0 Å². The van der Waals surface area contributed by atoms with Crippen LogP contribution >= 0.6 is 0 Å². The molecule has 1 N–H and O–H groups in total. The molecule has 112 valence electrons. The Morgan fingerprint density at radius 2 is 1.90 bits per heavy atom. The standard InChI is InChI=1S/C18H29NO/c1-14-9-10-16(18(2,3)4)17(13-14)20-12-11-19-15-7-5-6-8-15/h9-10,13,15,19H,5-8,11-12H2,1-4H3. The monoisotopic (exact) mass is 275 g/mol. The van der Waals surface area contributed by atoms with Crippen molar-refractivity contribution in [2.75, 3.05) is 13.2 Å². The molecule has 2 nitrogen and oxygen atoms in total. The van der Waals surface area contributed by atoms with E-state index in [1.54, 1.807) is 0 Å². The van der Waals surface area contributed by atoms with Crippen molar-refractivity contribution in [1.82, 2.24) is 5.32 Å². The number of aryl methyl sites for hydroxylation is 1. The van der Waals surface area contributed by atoms with E-state index in [-0.39, 0.29) is 5.41 Å². The van der Waals surface area contributed by atoms with E-state index >= 15 is 0 Å². The minimum atomic E-state index is 0.127. The first-order valence-electron chi connectivity index (χ1n) is 7.94. The zero-order valence-corrected chi connectivity index (χ0v) is 13.5. The van der Waals surface area contributed by atoms with E-state index in [4.69, 9.17) is 4.74 Å². The molecule has 1 aromatic carbocycles. The van der Waals surface area contributed by atoms with Crippen LogP contribution in [0.3, 0.4) is 0 Å². The molecular weight excluding hydrogens is 246 g/mol. The fourth-order valence-electron chi connectivity index (χ4n) is 2.92. The highest BCUT2D eigenvalue weighted by molar-refractivity contribution is 5.41. The first-order chi connectivity index (χ1) is 9.47. The van der Waals surface area contributed by atoms with Crippen molar-refractivity contribution < 1.29 is 4.74 Å². The van der Waals surface area contributed by atoms with E-state index in [1.807, 2.05) is 0 Å². The third-order valence-corrected chi connectivity index (χ3v) is 4.09. The fourth-order valence-corrected chi connectivity index (χ4v) is 2.92. The fraction of sp³-hybridized carbons (Fsp3) is 0.667. The molecule has 1 aliphatic carbocycles. The van der Waals surface area contributed by atoms with E-state index in [1.165, 1.54) is 36.8 Å². The summed E-state index contributed by atoms with van der Waals surface area (Å²) in [6, 6.07) is 7.26.